The van der Waals surface area contributed by atoms with Gasteiger partial charge in [0.1, 0.15) is 6.04 Å². The number of nitrogens with two attached hydrogens (primary N) is 1. The van der Waals surface area contributed by atoms with Crippen molar-refractivity contribution in [2.75, 3.05) is 11.5 Å². The minimum atomic E-state index is -0.914. The fourth-order valence-electron chi connectivity index (χ4n) is 0.643. The summed E-state index contributed by atoms with van der Waals surface area (Å²) in [7, 11) is 0. The van der Waals surface area contributed by atoms with Gasteiger partial charge >= 0.3 is 5.97 Å². The highest BCUT2D eigenvalue weighted by atomic mass is 32.2. The molecule has 0 rings (SSSR count). The van der Waals surface area contributed by atoms with E-state index in [1.165, 1.54) is 5.57 Å². The molecule has 13 heavy (non-hydrogen) atoms. The molecular formula is C9H17NO2S. The van der Waals surface area contributed by atoms with Crippen LogP contribution in [-0.4, -0.2) is 28.6 Å². The second-order valence-corrected chi connectivity index (χ2v) is 4.24. The van der Waals surface area contributed by atoms with E-state index in [0.29, 0.717) is 6.42 Å². The van der Waals surface area contributed by atoms with Crippen LogP contribution in [0.2, 0.25) is 0 Å². The number of carboxylic acids is 1. The Balaban J connectivity index is 3.36. The van der Waals surface area contributed by atoms with Crippen molar-refractivity contribution in [1.29, 1.82) is 0 Å². The SMILES string of the molecule is CC(C)=CCSCC[C@H](N)C(=O)O. The second-order valence-electron chi connectivity index (χ2n) is 3.09. The highest BCUT2D eigenvalue weighted by Gasteiger charge is 2.09. The maximum atomic E-state index is 10.3. The van der Waals surface area contributed by atoms with Crippen LogP contribution in [0.4, 0.5) is 0 Å². The number of rotatable bonds is 6. The van der Waals surface area contributed by atoms with Crippen LogP contribution in [0.1, 0.15) is 20.3 Å². The van der Waals surface area contributed by atoms with Crippen molar-refractivity contribution < 1.29 is 9.90 Å². The Labute approximate surface area is 83.4 Å². The molecule has 0 aromatic rings. The molecule has 3 N–H and O–H groups in total. The normalized spacial score (nSPS) is 12.2. The Kier molecular flexibility index (Phi) is 6.72. The maximum absolute atomic E-state index is 10.3. The molecule has 0 bridgehead atoms. The number of aliphatic carboxylic acids is 1. The number of allylic oxidation sites excluding steroid dienone is 1. The smallest absolute Gasteiger partial charge is 0.320 e. The first-order valence-corrected chi connectivity index (χ1v) is 5.39. The Morgan fingerprint density at radius 3 is 2.69 bits per heavy atom. The molecule has 0 saturated carbocycles. The van der Waals surface area contributed by atoms with E-state index in [0.717, 1.165) is 11.5 Å². The standard InChI is InChI=1S/C9H17NO2S/c1-7(2)3-5-13-6-4-8(10)9(11)12/h3,8H,4-6,10H2,1-2H3,(H,11,12)/t8-/m0/s1. The molecule has 0 spiro atoms. The van der Waals surface area contributed by atoms with Crippen molar-refractivity contribution in [3.05, 3.63) is 11.6 Å². The Morgan fingerprint density at radius 1 is 1.62 bits per heavy atom. The van der Waals surface area contributed by atoms with Crippen molar-refractivity contribution in [3.8, 4) is 0 Å². The van der Waals surface area contributed by atoms with Gasteiger partial charge in [0.15, 0.2) is 0 Å². The van der Waals surface area contributed by atoms with Crippen molar-refractivity contribution in [2.24, 2.45) is 5.73 Å². The van der Waals surface area contributed by atoms with Gasteiger partial charge in [-0.15, -0.1) is 0 Å². The van der Waals surface area contributed by atoms with Crippen molar-refractivity contribution >= 4 is 17.7 Å². The first-order valence-electron chi connectivity index (χ1n) is 4.23. The summed E-state index contributed by atoms with van der Waals surface area (Å²) in [6.07, 6.45) is 2.66. The molecule has 0 aromatic heterocycles. The summed E-state index contributed by atoms with van der Waals surface area (Å²) < 4.78 is 0. The highest BCUT2D eigenvalue weighted by molar-refractivity contribution is 7.99. The van der Waals surface area contributed by atoms with Crippen LogP contribution in [0.3, 0.4) is 0 Å². The fraction of sp³-hybridized carbons (Fsp3) is 0.667. The number of thioether (sulfide) groups is 1. The minimum Gasteiger partial charge on any atom is -0.480 e. The largest absolute Gasteiger partial charge is 0.480 e. The zero-order chi connectivity index (χ0) is 10.3. The average molecular weight is 203 g/mol. The second kappa shape index (κ2) is 6.97. The monoisotopic (exact) mass is 203 g/mol. The third-order valence-electron chi connectivity index (χ3n) is 1.50. The van der Waals surface area contributed by atoms with Crippen LogP contribution >= 0.6 is 11.8 Å². The van der Waals surface area contributed by atoms with E-state index >= 15 is 0 Å². The first-order chi connectivity index (χ1) is 6.04. The molecule has 0 aliphatic heterocycles. The predicted octanol–water partition coefficient (Wildman–Crippen LogP) is 1.49. The Bertz CT molecular complexity index is 188. The van der Waals surface area contributed by atoms with Gasteiger partial charge in [0.2, 0.25) is 0 Å². The van der Waals surface area contributed by atoms with Crippen molar-refractivity contribution in [3.63, 3.8) is 0 Å². The molecule has 0 unspecified atom stereocenters. The van der Waals surface area contributed by atoms with Gasteiger partial charge in [0.05, 0.1) is 0 Å². The molecule has 0 aliphatic rings. The first kappa shape index (κ1) is 12.5. The van der Waals surface area contributed by atoms with Gasteiger partial charge in [0, 0.05) is 5.75 Å². The van der Waals surface area contributed by atoms with Crippen LogP contribution in [0.15, 0.2) is 11.6 Å². The van der Waals surface area contributed by atoms with E-state index in [4.69, 9.17) is 10.8 Å². The molecule has 0 aliphatic carbocycles. The zero-order valence-electron chi connectivity index (χ0n) is 8.12. The number of hydrogen-bond donors (Lipinski definition) is 2. The summed E-state index contributed by atoms with van der Waals surface area (Å²) >= 11 is 1.71. The summed E-state index contributed by atoms with van der Waals surface area (Å²) in [6, 6.07) is -0.709. The number of carboxylic acid groups (broad SMARTS) is 1. The van der Waals surface area contributed by atoms with Crippen LogP contribution in [0, 0.1) is 0 Å². The molecule has 0 radical (unpaired) electrons. The van der Waals surface area contributed by atoms with E-state index in [9.17, 15) is 4.79 Å². The Hall–Kier alpha value is -0.480. The molecule has 0 fully saturated rings. The quantitative estimate of drug-likeness (QED) is 0.507. The van der Waals surface area contributed by atoms with Crippen LogP contribution in [-0.2, 0) is 4.79 Å². The van der Waals surface area contributed by atoms with Crippen molar-refractivity contribution in [1.82, 2.24) is 0 Å². The summed E-state index contributed by atoms with van der Waals surface area (Å²) in [5.74, 6) is 0.828. The summed E-state index contributed by atoms with van der Waals surface area (Å²) in [5.41, 5.74) is 6.62. The number of carbonyl (C=O) groups is 1. The van der Waals surface area contributed by atoms with E-state index in [1.807, 2.05) is 13.8 Å². The lowest BCUT2D eigenvalue weighted by atomic mass is 10.2. The predicted molar refractivity (Wildman–Crippen MR) is 57.0 cm³/mol. The maximum Gasteiger partial charge on any atom is 0.320 e. The Morgan fingerprint density at radius 2 is 2.23 bits per heavy atom. The lowest BCUT2D eigenvalue weighted by molar-refractivity contribution is -0.138. The van der Waals surface area contributed by atoms with E-state index in [2.05, 4.69) is 6.08 Å². The fourth-order valence-corrected chi connectivity index (χ4v) is 1.68. The van der Waals surface area contributed by atoms with Crippen LogP contribution in [0.25, 0.3) is 0 Å². The summed E-state index contributed by atoms with van der Waals surface area (Å²) in [4.78, 5) is 10.3. The minimum absolute atomic E-state index is 0.538. The number of hydrogen-bond acceptors (Lipinski definition) is 3. The molecule has 76 valence electrons. The molecule has 4 heteroatoms. The topological polar surface area (TPSA) is 63.3 Å². The lowest BCUT2D eigenvalue weighted by Gasteiger charge is -2.04. The molecule has 3 nitrogen and oxygen atoms in total. The highest BCUT2D eigenvalue weighted by Crippen LogP contribution is 2.05. The van der Waals surface area contributed by atoms with Crippen molar-refractivity contribution in [2.45, 2.75) is 26.3 Å². The van der Waals surface area contributed by atoms with Gasteiger partial charge in [-0.3, -0.25) is 4.79 Å². The average Bonchev–Trinajstić information content (AvgIpc) is 2.02. The van der Waals surface area contributed by atoms with E-state index in [-0.39, 0.29) is 0 Å². The lowest BCUT2D eigenvalue weighted by Crippen LogP contribution is -2.30. The van der Waals surface area contributed by atoms with Crippen LogP contribution < -0.4 is 5.73 Å². The molecule has 0 aromatic carbocycles. The third-order valence-corrected chi connectivity index (χ3v) is 2.43. The molecular weight excluding hydrogens is 186 g/mol. The zero-order valence-corrected chi connectivity index (χ0v) is 8.93. The third kappa shape index (κ3) is 7.87. The molecule has 0 amide bonds. The van der Waals surface area contributed by atoms with E-state index < -0.39 is 12.0 Å². The molecule has 0 saturated heterocycles. The van der Waals surface area contributed by atoms with Gasteiger partial charge in [-0.2, -0.15) is 11.8 Å². The van der Waals surface area contributed by atoms with Gasteiger partial charge < -0.3 is 10.8 Å². The van der Waals surface area contributed by atoms with Crippen LogP contribution in [0.5, 0.6) is 0 Å². The van der Waals surface area contributed by atoms with Gasteiger partial charge in [-0.25, -0.2) is 0 Å². The van der Waals surface area contributed by atoms with Gasteiger partial charge in [-0.05, 0) is 26.0 Å². The molecule has 1 atom stereocenters. The van der Waals surface area contributed by atoms with E-state index in [1.54, 1.807) is 11.8 Å². The van der Waals surface area contributed by atoms with Gasteiger partial charge in [0.25, 0.3) is 0 Å². The van der Waals surface area contributed by atoms with Gasteiger partial charge in [-0.1, -0.05) is 11.6 Å². The summed E-state index contributed by atoms with van der Waals surface area (Å²) in [6.45, 7) is 4.09. The summed E-state index contributed by atoms with van der Waals surface area (Å²) in [5, 5.41) is 8.48. The molecule has 0 heterocycles.